The van der Waals surface area contributed by atoms with E-state index >= 15 is 0 Å². The van der Waals surface area contributed by atoms with Crippen molar-refractivity contribution >= 4 is 36.9 Å². The number of rotatable bonds is 14. The van der Waals surface area contributed by atoms with Gasteiger partial charge in [0, 0.05) is 26.1 Å². The van der Waals surface area contributed by atoms with Crippen molar-refractivity contribution in [1.29, 1.82) is 0 Å². The molecule has 200 valence electrons. The van der Waals surface area contributed by atoms with Gasteiger partial charge in [-0.1, -0.05) is 27.7 Å². The van der Waals surface area contributed by atoms with Crippen LogP contribution in [0, 0.1) is 17.8 Å². The predicted molar refractivity (Wildman–Crippen MR) is 131 cm³/mol. The number of hydrogen-bond donors (Lipinski definition) is 3. The minimum absolute atomic E-state index is 0.0624. The number of hydrogen-bond acceptors (Lipinski definition) is 7. The minimum Gasteiger partial charge on any atom is -0.357 e. The van der Waals surface area contributed by atoms with Crippen molar-refractivity contribution in [2.24, 2.45) is 17.8 Å². The minimum atomic E-state index is -3.66. The van der Waals surface area contributed by atoms with E-state index in [1.165, 1.54) is 14.0 Å². The average Bonchev–Trinajstić information content (AvgIpc) is 2.98. The Morgan fingerprint density at radius 2 is 1.69 bits per heavy atom. The van der Waals surface area contributed by atoms with E-state index in [0.717, 1.165) is 4.90 Å². The van der Waals surface area contributed by atoms with Gasteiger partial charge in [0.05, 0.1) is 13.0 Å². The second kappa shape index (κ2) is 13.7. The number of likely N-dealkylation sites (N-methyl/N-ethyl adjacent to an activating group) is 1. The van der Waals surface area contributed by atoms with Gasteiger partial charge < -0.3 is 20.5 Å². The van der Waals surface area contributed by atoms with Crippen molar-refractivity contribution in [3.63, 3.8) is 0 Å². The van der Waals surface area contributed by atoms with Crippen LogP contribution in [0.15, 0.2) is 0 Å². The molecule has 0 aromatic heterocycles. The highest BCUT2D eigenvalue weighted by molar-refractivity contribution is 7.59. The molecule has 1 rings (SSSR count). The highest BCUT2D eigenvalue weighted by Gasteiger charge is 2.44. The SMILES string of the molecule is CCOP(=O)(C[C@@H](CC(C)C)C(=O)N[C@@H](CC(C)C)C(=O)NC)CN1C(=O)C[C@@H](NC(C)=O)C1=O. The number of nitrogens with zero attached hydrogens (tertiary/aromatic N) is 1. The largest absolute Gasteiger partial charge is 0.357 e. The van der Waals surface area contributed by atoms with Crippen molar-refractivity contribution in [3.05, 3.63) is 0 Å². The van der Waals surface area contributed by atoms with Crippen molar-refractivity contribution < 1.29 is 33.1 Å². The lowest BCUT2D eigenvalue weighted by Crippen LogP contribution is -2.49. The normalized spacial score (nSPS) is 19.5. The van der Waals surface area contributed by atoms with E-state index < -0.39 is 55.3 Å². The van der Waals surface area contributed by atoms with E-state index in [4.69, 9.17) is 4.52 Å². The molecule has 0 bridgehead atoms. The Bertz CT molecular complexity index is 846. The molecule has 11 nitrogen and oxygen atoms in total. The van der Waals surface area contributed by atoms with Gasteiger partial charge in [-0.2, -0.15) is 0 Å². The summed E-state index contributed by atoms with van der Waals surface area (Å²) in [5.41, 5.74) is 0. The second-order valence-corrected chi connectivity index (χ2v) is 12.3. The fourth-order valence-electron chi connectivity index (χ4n) is 4.13. The molecule has 35 heavy (non-hydrogen) atoms. The molecule has 1 unspecified atom stereocenters. The van der Waals surface area contributed by atoms with Crippen LogP contribution in [0.5, 0.6) is 0 Å². The topological polar surface area (TPSA) is 151 Å². The maximum absolute atomic E-state index is 13.8. The van der Waals surface area contributed by atoms with Crippen molar-refractivity contribution in [2.75, 3.05) is 26.1 Å². The second-order valence-electron chi connectivity index (χ2n) is 9.80. The molecule has 1 aliphatic heterocycles. The Morgan fingerprint density at radius 3 is 2.17 bits per heavy atom. The van der Waals surface area contributed by atoms with Crippen LogP contribution < -0.4 is 16.0 Å². The summed E-state index contributed by atoms with van der Waals surface area (Å²) in [4.78, 5) is 62.9. The molecule has 0 radical (unpaired) electrons. The number of carbonyl (C=O) groups is 5. The molecule has 1 fully saturated rings. The smallest absolute Gasteiger partial charge is 0.252 e. The van der Waals surface area contributed by atoms with E-state index in [9.17, 15) is 28.5 Å². The lowest BCUT2D eigenvalue weighted by Gasteiger charge is -2.28. The summed E-state index contributed by atoms with van der Waals surface area (Å²) in [6.45, 7) is 10.7. The van der Waals surface area contributed by atoms with Crippen LogP contribution in [0.1, 0.15) is 60.8 Å². The summed E-state index contributed by atoms with van der Waals surface area (Å²) in [7, 11) is -2.17. The van der Waals surface area contributed by atoms with Crippen molar-refractivity contribution in [2.45, 2.75) is 72.9 Å². The van der Waals surface area contributed by atoms with Crippen LogP contribution in [0.25, 0.3) is 0 Å². The molecule has 0 aliphatic carbocycles. The molecular weight excluding hydrogens is 475 g/mol. The highest BCUT2D eigenvalue weighted by atomic mass is 31.2. The average molecular weight is 517 g/mol. The number of likely N-dealkylation sites (tertiary alicyclic amines) is 1. The van der Waals surface area contributed by atoms with E-state index in [-0.39, 0.29) is 36.9 Å². The molecule has 0 saturated carbocycles. The molecule has 1 heterocycles. The Kier molecular flexibility index (Phi) is 12.1. The number of imide groups is 1. The maximum Gasteiger partial charge on any atom is 0.252 e. The molecule has 5 amide bonds. The highest BCUT2D eigenvalue weighted by Crippen LogP contribution is 2.50. The van der Waals surface area contributed by atoms with Crippen LogP contribution in [0.2, 0.25) is 0 Å². The van der Waals surface area contributed by atoms with Gasteiger partial charge in [-0.25, -0.2) is 0 Å². The summed E-state index contributed by atoms with van der Waals surface area (Å²) in [6, 6.07) is -1.75. The zero-order valence-electron chi connectivity index (χ0n) is 21.9. The fraction of sp³-hybridized carbons (Fsp3) is 0.783. The Morgan fingerprint density at radius 1 is 1.09 bits per heavy atom. The van der Waals surface area contributed by atoms with Gasteiger partial charge in [-0.3, -0.25) is 33.4 Å². The van der Waals surface area contributed by atoms with E-state index in [1.54, 1.807) is 6.92 Å². The Labute approximate surface area is 207 Å². The van der Waals surface area contributed by atoms with Gasteiger partial charge in [-0.15, -0.1) is 0 Å². The molecule has 1 saturated heterocycles. The first-order valence-electron chi connectivity index (χ1n) is 12.1. The molecule has 1 aliphatic rings. The van der Waals surface area contributed by atoms with E-state index in [2.05, 4.69) is 16.0 Å². The standard InChI is InChI=1S/C23H41N4O7P/c1-8-34-35(33,13-27-20(29)11-19(23(27)32)25-16(6)28)12-17(9-14(2)3)21(30)26-18(10-15(4)5)22(31)24-7/h14-15,17-19H,8-13H2,1-7H3,(H,24,31)(H,25,28)(H,26,30)/t17-,18+,19-,35?/m1/s1. The first-order chi connectivity index (χ1) is 16.2. The fourth-order valence-corrected chi connectivity index (χ4v) is 6.62. The zero-order valence-corrected chi connectivity index (χ0v) is 22.8. The maximum atomic E-state index is 13.8. The van der Waals surface area contributed by atoms with Gasteiger partial charge in [0.2, 0.25) is 31.0 Å². The summed E-state index contributed by atoms with van der Waals surface area (Å²) < 4.78 is 19.4. The van der Waals surface area contributed by atoms with Crippen molar-refractivity contribution in [3.8, 4) is 0 Å². The summed E-state index contributed by atoms with van der Waals surface area (Å²) in [5.74, 6) is -2.94. The van der Waals surface area contributed by atoms with E-state index in [1.807, 2.05) is 27.7 Å². The van der Waals surface area contributed by atoms with Crippen molar-refractivity contribution in [1.82, 2.24) is 20.9 Å². The lowest BCUT2D eigenvalue weighted by molar-refractivity contribution is -0.138. The molecular formula is C23H41N4O7P. The summed E-state index contributed by atoms with van der Waals surface area (Å²) in [6.07, 6.45) is -0.0641. The monoisotopic (exact) mass is 516 g/mol. The first kappa shape index (κ1) is 30.8. The molecule has 4 atom stereocenters. The third kappa shape index (κ3) is 9.72. The number of carbonyl (C=O) groups excluding carboxylic acids is 5. The predicted octanol–water partition coefficient (Wildman–Crippen LogP) is 1.46. The number of amides is 5. The van der Waals surface area contributed by atoms with Gasteiger partial charge in [0.25, 0.3) is 5.91 Å². The molecule has 0 aromatic carbocycles. The van der Waals surface area contributed by atoms with Crippen LogP contribution in [0.3, 0.4) is 0 Å². The van der Waals surface area contributed by atoms with Gasteiger partial charge >= 0.3 is 0 Å². The summed E-state index contributed by atoms with van der Waals surface area (Å²) in [5, 5.41) is 7.77. The van der Waals surface area contributed by atoms with E-state index in [0.29, 0.717) is 12.8 Å². The third-order valence-electron chi connectivity index (χ3n) is 5.55. The van der Waals surface area contributed by atoms with Gasteiger partial charge in [0.1, 0.15) is 18.4 Å². The number of nitrogens with one attached hydrogen (secondary N) is 3. The quantitative estimate of drug-likeness (QED) is 0.234. The van der Waals surface area contributed by atoms with Crippen LogP contribution in [-0.4, -0.2) is 72.6 Å². The first-order valence-corrected chi connectivity index (χ1v) is 14.1. The third-order valence-corrected chi connectivity index (χ3v) is 7.99. The molecule has 0 spiro atoms. The van der Waals surface area contributed by atoms with Gasteiger partial charge in [0.15, 0.2) is 0 Å². The van der Waals surface area contributed by atoms with Crippen LogP contribution in [-0.2, 0) is 33.1 Å². The Hall–Kier alpha value is -2.26. The van der Waals surface area contributed by atoms with Crippen LogP contribution >= 0.6 is 7.37 Å². The lowest BCUT2D eigenvalue weighted by atomic mass is 9.96. The Balaban J connectivity index is 3.13. The summed E-state index contributed by atoms with van der Waals surface area (Å²) >= 11 is 0. The van der Waals surface area contributed by atoms with Gasteiger partial charge in [-0.05, 0) is 31.6 Å². The zero-order chi connectivity index (χ0) is 26.9. The molecule has 3 N–H and O–H groups in total. The molecule has 0 aromatic rings. The molecule has 12 heteroatoms. The van der Waals surface area contributed by atoms with Crippen LogP contribution in [0.4, 0.5) is 0 Å².